The van der Waals surface area contributed by atoms with Crippen molar-refractivity contribution in [2.75, 3.05) is 0 Å². The molecule has 6 heteroatoms. The van der Waals surface area contributed by atoms with Crippen molar-refractivity contribution in [2.45, 2.75) is 45.6 Å². The lowest BCUT2D eigenvalue weighted by atomic mass is 10.1. The topological polar surface area (TPSA) is 83.6 Å². The van der Waals surface area contributed by atoms with Gasteiger partial charge in [-0.3, -0.25) is 4.79 Å². The average Bonchev–Trinajstić information content (AvgIpc) is 2.74. The van der Waals surface area contributed by atoms with Crippen LogP contribution in [-0.2, 0) is 11.3 Å². The van der Waals surface area contributed by atoms with Gasteiger partial charge in [0, 0.05) is 6.42 Å². The van der Waals surface area contributed by atoms with Crippen LogP contribution >= 0.6 is 0 Å². The van der Waals surface area contributed by atoms with Crippen molar-refractivity contribution in [3.63, 3.8) is 0 Å². The van der Waals surface area contributed by atoms with Gasteiger partial charge in [0.15, 0.2) is 5.82 Å². The molecule has 0 fully saturated rings. The van der Waals surface area contributed by atoms with Crippen LogP contribution in [0.25, 0.3) is 0 Å². The predicted octanol–water partition coefficient (Wildman–Crippen LogP) is 0.786. The van der Waals surface area contributed by atoms with Crippen LogP contribution in [0.3, 0.4) is 0 Å². The van der Waals surface area contributed by atoms with E-state index in [-0.39, 0.29) is 5.91 Å². The first kappa shape index (κ1) is 11.6. The molecule has 0 aromatic carbocycles. The molecule has 2 N–H and O–H groups in total. The molecule has 0 aliphatic carbocycles. The molecule has 0 aliphatic heterocycles. The molecule has 0 unspecified atom stereocenters. The standard InChI is InChI=1S/C9H17N5O/c1-2-3-4-5-6-9(15)10-7-8-11-13-14-12-8/h2-7H2,1H3,(H,10,15)(H,11,12,13,14). The number of carbonyl (C=O) groups is 1. The minimum Gasteiger partial charge on any atom is -0.349 e. The highest BCUT2D eigenvalue weighted by Crippen LogP contribution is 2.01. The summed E-state index contributed by atoms with van der Waals surface area (Å²) in [4.78, 5) is 11.3. The van der Waals surface area contributed by atoms with E-state index in [0.29, 0.717) is 18.8 Å². The second-order valence-corrected chi connectivity index (χ2v) is 3.42. The van der Waals surface area contributed by atoms with E-state index in [0.717, 1.165) is 12.8 Å². The highest BCUT2D eigenvalue weighted by molar-refractivity contribution is 5.75. The lowest BCUT2D eigenvalue weighted by Crippen LogP contribution is -2.23. The molecule has 0 aliphatic rings. The summed E-state index contributed by atoms with van der Waals surface area (Å²) < 4.78 is 0. The molecule has 0 saturated heterocycles. The summed E-state index contributed by atoms with van der Waals surface area (Å²) in [6.07, 6.45) is 5.03. The summed E-state index contributed by atoms with van der Waals surface area (Å²) in [5.74, 6) is 0.563. The third-order valence-electron chi connectivity index (χ3n) is 2.09. The maximum atomic E-state index is 11.3. The number of hydrogen-bond donors (Lipinski definition) is 2. The number of amides is 1. The lowest BCUT2D eigenvalue weighted by Gasteiger charge is -2.01. The molecule has 1 aromatic rings. The number of nitrogens with one attached hydrogen (secondary N) is 2. The van der Waals surface area contributed by atoms with E-state index in [1.54, 1.807) is 0 Å². The van der Waals surface area contributed by atoms with Gasteiger partial charge in [-0.05, 0) is 6.42 Å². The van der Waals surface area contributed by atoms with Crippen LogP contribution in [0.2, 0.25) is 0 Å². The van der Waals surface area contributed by atoms with Crippen molar-refractivity contribution in [1.29, 1.82) is 0 Å². The fourth-order valence-corrected chi connectivity index (χ4v) is 1.24. The average molecular weight is 211 g/mol. The van der Waals surface area contributed by atoms with E-state index in [1.807, 2.05) is 0 Å². The molecule has 0 saturated carbocycles. The minimum atomic E-state index is 0.0518. The van der Waals surface area contributed by atoms with Gasteiger partial charge in [-0.15, -0.1) is 10.2 Å². The Balaban J connectivity index is 2.04. The molecule has 1 amide bonds. The first-order valence-corrected chi connectivity index (χ1v) is 5.32. The molecule has 1 aromatic heterocycles. The molecular weight excluding hydrogens is 194 g/mol. The third-order valence-corrected chi connectivity index (χ3v) is 2.09. The third kappa shape index (κ3) is 5.09. The number of nitrogens with zero attached hydrogens (tertiary/aromatic N) is 3. The summed E-state index contributed by atoms with van der Waals surface area (Å²) in [5.41, 5.74) is 0. The monoisotopic (exact) mass is 211 g/mol. The maximum Gasteiger partial charge on any atom is 0.220 e. The van der Waals surface area contributed by atoms with Gasteiger partial charge in [-0.2, -0.15) is 5.21 Å². The zero-order valence-corrected chi connectivity index (χ0v) is 8.99. The Bertz CT molecular complexity index is 272. The van der Waals surface area contributed by atoms with Gasteiger partial charge in [0.05, 0.1) is 6.54 Å². The first-order valence-electron chi connectivity index (χ1n) is 5.32. The Morgan fingerprint density at radius 1 is 1.40 bits per heavy atom. The number of H-pyrrole nitrogens is 1. The Morgan fingerprint density at radius 3 is 2.93 bits per heavy atom. The van der Waals surface area contributed by atoms with Crippen LogP contribution in [-0.4, -0.2) is 26.5 Å². The van der Waals surface area contributed by atoms with E-state index < -0.39 is 0 Å². The van der Waals surface area contributed by atoms with Crippen molar-refractivity contribution in [1.82, 2.24) is 25.9 Å². The molecule has 0 spiro atoms. The Kier molecular flexibility index (Phi) is 5.35. The van der Waals surface area contributed by atoms with Crippen LogP contribution in [0.4, 0.5) is 0 Å². The summed E-state index contributed by atoms with van der Waals surface area (Å²) >= 11 is 0. The van der Waals surface area contributed by atoms with Gasteiger partial charge in [-0.1, -0.05) is 31.4 Å². The lowest BCUT2D eigenvalue weighted by molar-refractivity contribution is -0.121. The molecule has 6 nitrogen and oxygen atoms in total. The van der Waals surface area contributed by atoms with Gasteiger partial charge >= 0.3 is 0 Å². The predicted molar refractivity (Wildman–Crippen MR) is 54.8 cm³/mol. The summed E-state index contributed by atoms with van der Waals surface area (Å²) in [6, 6.07) is 0. The smallest absolute Gasteiger partial charge is 0.220 e. The number of tetrazole rings is 1. The van der Waals surface area contributed by atoms with Crippen LogP contribution in [0.15, 0.2) is 0 Å². The highest BCUT2D eigenvalue weighted by atomic mass is 16.1. The zero-order valence-electron chi connectivity index (χ0n) is 8.99. The fourth-order valence-electron chi connectivity index (χ4n) is 1.24. The van der Waals surface area contributed by atoms with Gasteiger partial charge in [0.25, 0.3) is 0 Å². The molecular formula is C9H17N5O. The van der Waals surface area contributed by atoms with Gasteiger partial charge < -0.3 is 5.32 Å². The van der Waals surface area contributed by atoms with Gasteiger partial charge in [0.1, 0.15) is 0 Å². The van der Waals surface area contributed by atoms with E-state index >= 15 is 0 Å². The van der Waals surface area contributed by atoms with E-state index in [9.17, 15) is 4.79 Å². The highest BCUT2D eigenvalue weighted by Gasteiger charge is 2.02. The Hall–Kier alpha value is -1.46. The quantitative estimate of drug-likeness (QED) is 0.653. The number of aromatic amines is 1. The van der Waals surface area contributed by atoms with E-state index in [1.165, 1.54) is 12.8 Å². The number of rotatable bonds is 7. The van der Waals surface area contributed by atoms with E-state index in [2.05, 4.69) is 32.9 Å². The van der Waals surface area contributed by atoms with Gasteiger partial charge in [0.2, 0.25) is 5.91 Å². The van der Waals surface area contributed by atoms with Crippen LogP contribution in [0.5, 0.6) is 0 Å². The van der Waals surface area contributed by atoms with Gasteiger partial charge in [-0.25, -0.2) is 0 Å². The number of hydrogen-bond acceptors (Lipinski definition) is 4. The summed E-state index contributed by atoms with van der Waals surface area (Å²) in [6.45, 7) is 2.50. The number of aromatic nitrogens is 4. The molecule has 15 heavy (non-hydrogen) atoms. The number of carbonyl (C=O) groups excluding carboxylic acids is 1. The molecule has 0 bridgehead atoms. The van der Waals surface area contributed by atoms with Crippen LogP contribution in [0, 0.1) is 0 Å². The molecule has 1 heterocycles. The van der Waals surface area contributed by atoms with Crippen molar-refractivity contribution >= 4 is 5.91 Å². The normalized spacial score (nSPS) is 10.2. The first-order chi connectivity index (χ1) is 7.33. The second kappa shape index (κ2) is 6.92. The molecule has 1 rings (SSSR count). The van der Waals surface area contributed by atoms with Crippen molar-refractivity contribution in [3.05, 3.63) is 5.82 Å². The van der Waals surface area contributed by atoms with Crippen LogP contribution in [0.1, 0.15) is 44.9 Å². The molecule has 0 radical (unpaired) electrons. The zero-order chi connectivity index (χ0) is 10.9. The Labute approximate surface area is 88.8 Å². The largest absolute Gasteiger partial charge is 0.349 e. The molecule has 0 atom stereocenters. The van der Waals surface area contributed by atoms with E-state index in [4.69, 9.17) is 0 Å². The minimum absolute atomic E-state index is 0.0518. The fraction of sp³-hybridized carbons (Fsp3) is 0.778. The Morgan fingerprint density at radius 2 is 2.27 bits per heavy atom. The molecule has 84 valence electrons. The SMILES string of the molecule is CCCCCCC(=O)NCc1nn[nH]n1. The van der Waals surface area contributed by atoms with Crippen molar-refractivity contribution < 1.29 is 4.79 Å². The van der Waals surface area contributed by atoms with Crippen molar-refractivity contribution in [3.8, 4) is 0 Å². The second-order valence-electron chi connectivity index (χ2n) is 3.42. The maximum absolute atomic E-state index is 11.3. The van der Waals surface area contributed by atoms with Crippen LogP contribution < -0.4 is 5.32 Å². The summed E-state index contributed by atoms with van der Waals surface area (Å²) in [7, 11) is 0. The number of unbranched alkanes of at least 4 members (excludes halogenated alkanes) is 3. The summed E-state index contributed by atoms with van der Waals surface area (Å²) in [5, 5.41) is 15.9. The van der Waals surface area contributed by atoms with Crippen molar-refractivity contribution in [2.24, 2.45) is 0 Å².